The second-order valence-electron chi connectivity index (χ2n) is 3.90. The topological polar surface area (TPSA) is 59.5 Å². The van der Waals surface area contributed by atoms with Gasteiger partial charge in [0.1, 0.15) is 11.4 Å². The van der Waals surface area contributed by atoms with Crippen LogP contribution in [0.2, 0.25) is 0 Å². The first-order valence-corrected chi connectivity index (χ1v) is 5.57. The van der Waals surface area contributed by atoms with Crippen LogP contribution in [0, 0.1) is 0 Å². The molecule has 0 aromatic carbocycles. The minimum absolute atomic E-state index is 0.117. The van der Waals surface area contributed by atoms with Gasteiger partial charge in [-0.05, 0) is 25.0 Å². The van der Waals surface area contributed by atoms with Crippen molar-refractivity contribution in [3.8, 4) is 0 Å². The normalized spacial score (nSPS) is 14.8. The van der Waals surface area contributed by atoms with Gasteiger partial charge in [0.15, 0.2) is 0 Å². The summed E-state index contributed by atoms with van der Waals surface area (Å²) in [6, 6.07) is 4.79. The van der Waals surface area contributed by atoms with Gasteiger partial charge in [-0.2, -0.15) is 0 Å². The SMILES string of the molecule is COC(=O)c1cccc(C(=O)N2CCCC2)n1. The largest absolute Gasteiger partial charge is 0.464 e. The number of rotatable bonds is 2. The van der Waals surface area contributed by atoms with Crippen LogP contribution in [-0.2, 0) is 4.74 Å². The lowest BCUT2D eigenvalue weighted by Gasteiger charge is -2.14. The van der Waals surface area contributed by atoms with E-state index in [4.69, 9.17) is 0 Å². The average molecular weight is 234 g/mol. The van der Waals surface area contributed by atoms with Gasteiger partial charge < -0.3 is 9.64 Å². The number of amides is 1. The first-order chi connectivity index (χ1) is 8.22. The number of likely N-dealkylation sites (tertiary alicyclic amines) is 1. The quantitative estimate of drug-likeness (QED) is 0.719. The highest BCUT2D eigenvalue weighted by molar-refractivity contribution is 5.94. The molecule has 1 aromatic rings. The minimum atomic E-state index is -0.527. The second kappa shape index (κ2) is 4.95. The summed E-state index contributed by atoms with van der Waals surface area (Å²) in [6.45, 7) is 1.53. The summed E-state index contributed by atoms with van der Waals surface area (Å²) >= 11 is 0. The summed E-state index contributed by atoms with van der Waals surface area (Å²) < 4.78 is 4.57. The van der Waals surface area contributed by atoms with Crippen molar-refractivity contribution in [1.29, 1.82) is 0 Å². The van der Waals surface area contributed by atoms with Crippen molar-refractivity contribution in [2.24, 2.45) is 0 Å². The van der Waals surface area contributed by atoms with Gasteiger partial charge in [0.05, 0.1) is 7.11 Å². The van der Waals surface area contributed by atoms with Gasteiger partial charge in [-0.15, -0.1) is 0 Å². The molecule has 2 heterocycles. The predicted octanol–water partition coefficient (Wildman–Crippen LogP) is 1.10. The van der Waals surface area contributed by atoms with Crippen LogP contribution in [0.25, 0.3) is 0 Å². The number of hydrogen-bond donors (Lipinski definition) is 0. The third-order valence-corrected chi connectivity index (χ3v) is 2.76. The van der Waals surface area contributed by atoms with E-state index in [1.807, 2.05) is 0 Å². The van der Waals surface area contributed by atoms with Gasteiger partial charge >= 0.3 is 5.97 Å². The molecule has 0 N–H and O–H groups in total. The molecule has 0 unspecified atom stereocenters. The molecule has 1 saturated heterocycles. The van der Waals surface area contributed by atoms with E-state index in [1.54, 1.807) is 17.0 Å². The Kier molecular flexibility index (Phi) is 3.37. The number of carbonyl (C=O) groups is 2. The lowest BCUT2D eigenvalue weighted by atomic mass is 10.2. The highest BCUT2D eigenvalue weighted by Crippen LogP contribution is 2.12. The van der Waals surface area contributed by atoms with Crippen molar-refractivity contribution in [1.82, 2.24) is 9.88 Å². The van der Waals surface area contributed by atoms with Crippen molar-refractivity contribution in [3.05, 3.63) is 29.6 Å². The van der Waals surface area contributed by atoms with Gasteiger partial charge in [0.25, 0.3) is 5.91 Å². The van der Waals surface area contributed by atoms with Crippen LogP contribution in [0.4, 0.5) is 0 Å². The van der Waals surface area contributed by atoms with Crippen LogP contribution in [0.5, 0.6) is 0 Å². The fourth-order valence-corrected chi connectivity index (χ4v) is 1.85. The van der Waals surface area contributed by atoms with E-state index in [0.717, 1.165) is 25.9 Å². The van der Waals surface area contributed by atoms with Crippen molar-refractivity contribution in [2.75, 3.05) is 20.2 Å². The lowest BCUT2D eigenvalue weighted by molar-refractivity contribution is 0.0593. The zero-order chi connectivity index (χ0) is 12.3. The highest BCUT2D eigenvalue weighted by Gasteiger charge is 2.21. The Morgan fingerprint density at radius 2 is 1.88 bits per heavy atom. The lowest BCUT2D eigenvalue weighted by Crippen LogP contribution is -2.28. The maximum absolute atomic E-state index is 12.0. The van der Waals surface area contributed by atoms with Gasteiger partial charge in [0.2, 0.25) is 0 Å². The van der Waals surface area contributed by atoms with E-state index in [-0.39, 0.29) is 11.6 Å². The Labute approximate surface area is 99.4 Å². The predicted molar refractivity (Wildman–Crippen MR) is 60.7 cm³/mol. The molecule has 5 heteroatoms. The third-order valence-electron chi connectivity index (χ3n) is 2.76. The number of methoxy groups -OCH3 is 1. The van der Waals surface area contributed by atoms with Crippen molar-refractivity contribution in [3.63, 3.8) is 0 Å². The molecule has 2 rings (SSSR count). The molecule has 0 radical (unpaired) electrons. The number of nitrogens with zero attached hydrogens (tertiary/aromatic N) is 2. The molecule has 0 aliphatic carbocycles. The molecular formula is C12H14N2O3. The van der Waals surface area contributed by atoms with Crippen LogP contribution in [-0.4, -0.2) is 42.0 Å². The first kappa shape index (κ1) is 11.6. The third kappa shape index (κ3) is 2.43. The molecule has 1 aliphatic heterocycles. The van der Waals surface area contributed by atoms with Crippen LogP contribution >= 0.6 is 0 Å². The molecule has 1 fully saturated rings. The van der Waals surface area contributed by atoms with E-state index in [0.29, 0.717) is 5.69 Å². The maximum atomic E-state index is 12.0. The van der Waals surface area contributed by atoms with Gasteiger partial charge in [0, 0.05) is 13.1 Å². The molecule has 1 amide bonds. The minimum Gasteiger partial charge on any atom is -0.464 e. The monoisotopic (exact) mass is 234 g/mol. The molecule has 17 heavy (non-hydrogen) atoms. The highest BCUT2D eigenvalue weighted by atomic mass is 16.5. The van der Waals surface area contributed by atoms with Gasteiger partial charge in [-0.1, -0.05) is 6.07 Å². The molecular weight excluding hydrogens is 220 g/mol. The molecule has 1 aliphatic rings. The van der Waals surface area contributed by atoms with Crippen molar-refractivity contribution < 1.29 is 14.3 Å². The molecule has 0 saturated carbocycles. The zero-order valence-corrected chi connectivity index (χ0v) is 9.68. The van der Waals surface area contributed by atoms with Gasteiger partial charge in [-0.25, -0.2) is 9.78 Å². The molecule has 5 nitrogen and oxygen atoms in total. The fraction of sp³-hybridized carbons (Fsp3) is 0.417. The van der Waals surface area contributed by atoms with Crippen LogP contribution < -0.4 is 0 Å². The van der Waals surface area contributed by atoms with Crippen LogP contribution in [0.1, 0.15) is 33.8 Å². The Morgan fingerprint density at radius 1 is 1.24 bits per heavy atom. The Hall–Kier alpha value is -1.91. The van der Waals surface area contributed by atoms with E-state index in [9.17, 15) is 9.59 Å². The van der Waals surface area contributed by atoms with E-state index < -0.39 is 5.97 Å². The summed E-state index contributed by atoms with van der Waals surface area (Å²) in [5, 5.41) is 0. The smallest absolute Gasteiger partial charge is 0.356 e. The molecule has 0 bridgehead atoms. The van der Waals surface area contributed by atoms with E-state index in [2.05, 4.69) is 9.72 Å². The number of carbonyl (C=O) groups excluding carboxylic acids is 2. The molecule has 0 spiro atoms. The van der Waals surface area contributed by atoms with E-state index in [1.165, 1.54) is 13.2 Å². The number of pyridine rings is 1. The van der Waals surface area contributed by atoms with Gasteiger partial charge in [-0.3, -0.25) is 4.79 Å². The van der Waals surface area contributed by atoms with Crippen LogP contribution in [0.15, 0.2) is 18.2 Å². The summed E-state index contributed by atoms with van der Waals surface area (Å²) in [6.07, 6.45) is 2.06. The first-order valence-electron chi connectivity index (χ1n) is 5.57. The molecule has 1 aromatic heterocycles. The van der Waals surface area contributed by atoms with E-state index >= 15 is 0 Å². The Balaban J connectivity index is 2.20. The fourth-order valence-electron chi connectivity index (χ4n) is 1.85. The number of ether oxygens (including phenoxy) is 1. The standard InChI is InChI=1S/C12H14N2O3/c1-17-12(16)10-6-4-5-9(13-10)11(15)14-7-2-3-8-14/h4-6H,2-3,7-8H2,1H3. The maximum Gasteiger partial charge on any atom is 0.356 e. The van der Waals surface area contributed by atoms with Crippen molar-refractivity contribution in [2.45, 2.75) is 12.8 Å². The summed E-state index contributed by atoms with van der Waals surface area (Å²) in [5.74, 6) is -0.644. The summed E-state index contributed by atoms with van der Waals surface area (Å²) in [5.41, 5.74) is 0.465. The Morgan fingerprint density at radius 3 is 2.53 bits per heavy atom. The number of aromatic nitrogens is 1. The summed E-state index contributed by atoms with van der Waals surface area (Å²) in [4.78, 5) is 29.1. The summed E-state index contributed by atoms with van der Waals surface area (Å²) in [7, 11) is 1.29. The zero-order valence-electron chi connectivity index (χ0n) is 9.68. The van der Waals surface area contributed by atoms with Crippen LogP contribution in [0.3, 0.4) is 0 Å². The average Bonchev–Trinajstić information content (AvgIpc) is 2.91. The number of hydrogen-bond acceptors (Lipinski definition) is 4. The Bertz CT molecular complexity index is 439. The van der Waals surface area contributed by atoms with Crippen molar-refractivity contribution >= 4 is 11.9 Å². The second-order valence-corrected chi connectivity index (χ2v) is 3.90. The number of esters is 1. The molecule has 90 valence electrons. The molecule has 0 atom stereocenters.